The summed E-state index contributed by atoms with van der Waals surface area (Å²) in [5.74, 6) is -0.576. The van der Waals surface area contributed by atoms with Crippen LogP contribution in [0.25, 0.3) is 0 Å². The molecule has 0 unspecified atom stereocenters. The summed E-state index contributed by atoms with van der Waals surface area (Å²) in [6, 6.07) is 11.7. The standard InChI is InChI=1S/C15H13F3N2O/c16-15(17,18)12-6-1-2-7-13(12)20-9-10-4-3-5-11(8-10)14(19)21/h1-8,20H,9H2,(H2,19,21). The van der Waals surface area contributed by atoms with Crippen molar-refractivity contribution >= 4 is 11.6 Å². The molecule has 0 spiro atoms. The number of benzene rings is 2. The van der Waals surface area contributed by atoms with E-state index in [-0.39, 0.29) is 12.2 Å². The third kappa shape index (κ3) is 3.75. The van der Waals surface area contributed by atoms with E-state index in [0.29, 0.717) is 11.1 Å². The number of nitrogens with two attached hydrogens (primary N) is 1. The number of halogens is 3. The van der Waals surface area contributed by atoms with Gasteiger partial charge in [-0.2, -0.15) is 13.2 Å². The highest BCUT2D eigenvalue weighted by molar-refractivity contribution is 5.92. The van der Waals surface area contributed by atoms with Crippen LogP contribution in [0.2, 0.25) is 0 Å². The molecular weight excluding hydrogens is 281 g/mol. The Balaban J connectivity index is 2.17. The molecule has 2 rings (SSSR count). The lowest BCUT2D eigenvalue weighted by molar-refractivity contribution is -0.137. The van der Waals surface area contributed by atoms with Crippen LogP contribution in [0.1, 0.15) is 21.5 Å². The predicted molar refractivity (Wildman–Crippen MR) is 73.7 cm³/mol. The zero-order chi connectivity index (χ0) is 15.5. The van der Waals surface area contributed by atoms with E-state index in [0.717, 1.165) is 6.07 Å². The van der Waals surface area contributed by atoms with Crippen LogP contribution in [0.5, 0.6) is 0 Å². The maximum atomic E-state index is 12.8. The van der Waals surface area contributed by atoms with Gasteiger partial charge in [-0.1, -0.05) is 24.3 Å². The van der Waals surface area contributed by atoms with E-state index >= 15 is 0 Å². The van der Waals surface area contributed by atoms with Crippen molar-refractivity contribution in [3.63, 3.8) is 0 Å². The van der Waals surface area contributed by atoms with Gasteiger partial charge in [0, 0.05) is 17.8 Å². The normalized spacial score (nSPS) is 11.2. The predicted octanol–water partition coefficient (Wildman–Crippen LogP) is 3.42. The molecule has 0 aliphatic heterocycles. The Kier molecular flexibility index (Phi) is 4.16. The summed E-state index contributed by atoms with van der Waals surface area (Å²) in [5.41, 5.74) is 5.42. The molecule has 6 heteroatoms. The topological polar surface area (TPSA) is 55.1 Å². The molecule has 0 fully saturated rings. The summed E-state index contributed by atoms with van der Waals surface area (Å²) in [6.07, 6.45) is -4.42. The Morgan fingerprint density at radius 3 is 2.48 bits per heavy atom. The van der Waals surface area contributed by atoms with Gasteiger partial charge < -0.3 is 11.1 Å². The van der Waals surface area contributed by atoms with Crippen molar-refractivity contribution in [2.24, 2.45) is 5.73 Å². The Bertz CT molecular complexity index is 653. The molecule has 0 aromatic heterocycles. The van der Waals surface area contributed by atoms with E-state index in [9.17, 15) is 18.0 Å². The Morgan fingerprint density at radius 1 is 1.10 bits per heavy atom. The number of para-hydroxylation sites is 1. The molecule has 0 saturated heterocycles. The van der Waals surface area contributed by atoms with E-state index in [1.54, 1.807) is 24.3 Å². The lowest BCUT2D eigenvalue weighted by Gasteiger charge is -2.14. The van der Waals surface area contributed by atoms with E-state index in [2.05, 4.69) is 5.32 Å². The molecule has 0 radical (unpaired) electrons. The van der Waals surface area contributed by atoms with Crippen LogP contribution in [-0.2, 0) is 12.7 Å². The van der Waals surface area contributed by atoms with Crippen LogP contribution in [-0.4, -0.2) is 5.91 Å². The molecule has 0 saturated carbocycles. The number of alkyl halides is 3. The smallest absolute Gasteiger partial charge is 0.380 e. The summed E-state index contributed by atoms with van der Waals surface area (Å²) in [5, 5.41) is 2.73. The minimum Gasteiger partial charge on any atom is -0.380 e. The summed E-state index contributed by atoms with van der Waals surface area (Å²) in [6.45, 7) is 0.161. The maximum Gasteiger partial charge on any atom is 0.418 e. The number of carbonyl (C=O) groups is 1. The van der Waals surface area contributed by atoms with Crippen molar-refractivity contribution in [1.82, 2.24) is 0 Å². The average molecular weight is 294 g/mol. The van der Waals surface area contributed by atoms with Gasteiger partial charge in [0.15, 0.2) is 0 Å². The van der Waals surface area contributed by atoms with Crippen molar-refractivity contribution < 1.29 is 18.0 Å². The number of primary amides is 1. The zero-order valence-electron chi connectivity index (χ0n) is 10.9. The lowest BCUT2D eigenvalue weighted by Crippen LogP contribution is -2.12. The fourth-order valence-corrected chi connectivity index (χ4v) is 1.92. The number of amides is 1. The molecule has 2 aromatic rings. The first-order valence-electron chi connectivity index (χ1n) is 6.17. The number of anilines is 1. The molecule has 0 aliphatic carbocycles. The number of carbonyl (C=O) groups excluding carboxylic acids is 1. The highest BCUT2D eigenvalue weighted by Crippen LogP contribution is 2.34. The van der Waals surface area contributed by atoms with Crippen LogP contribution in [0.3, 0.4) is 0 Å². The van der Waals surface area contributed by atoms with E-state index < -0.39 is 17.6 Å². The van der Waals surface area contributed by atoms with Crippen LogP contribution in [0.15, 0.2) is 48.5 Å². The fraction of sp³-hybridized carbons (Fsp3) is 0.133. The second-order valence-electron chi connectivity index (χ2n) is 4.46. The number of hydrogen-bond donors (Lipinski definition) is 2. The summed E-state index contributed by atoms with van der Waals surface area (Å²) < 4.78 is 38.5. The third-order valence-corrected chi connectivity index (χ3v) is 2.93. The van der Waals surface area contributed by atoms with Gasteiger partial charge in [-0.15, -0.1) is 0 Å². The number of rotatable bonds is 4. The molecule has 3 N–H and O–H groups in total. The second-order valence-corrected chi connectivity index (χ2v) is 4.46. The summed E-state index contributed by atoms with van der Waals surface area (Å²) in [7, 11) is 0. The van der Waals surface area contributed by atoms with Crippen molar-refractivity contribution in [3.8, 4) is 0 Å². The molecule has 0 heterocycles. The molecule has 0 bridgehead atoms. The SMILES string of the molecule is NC(=O)c1cccc(CNc2ccccc2C(F)(F)F)c1. The average Bonchev–Trinajstić information content (AvgIpc) is 2.45. The fourth-order valence-electron chi connectivity index (χ4n) is 1.92. The molecule has 2 aromatic carbocycles. The number of hydrogen-bond acceptors (Lipinski definition) is 2. The summed E-state index contributed by atoms with van der Waals surface area (Å²) >= 11 is 0. The van der Waals surface area contributed by atoms with Gasteiger partial charge in [0.2, 0.25) is 5.91 Å². The van der Waals surface area contributed by atoms with Gasteiger partial charge in [0.25, 0.3) is 0 Å². The van der Waals surface area contributed by atoms with Gasteiger partial charge >= 0.3 is 6.18 Å². The van der Waals surface area contributed by atoms with Crippen molar-refractivity contribution in [1.29, 1.82) is 0 Å². The quantitative estimate of drug-likeness (QED) is 0.908. The maximum absolute atomic E-state index is 12.8. The highest BCUT2D eigenvalue weighted by atomic mass is 19.4. The van der Waals surface area contributed by atoms with Crippen molar-refractivity contribution in [3.05, 3.63) is 65.2 Å². The van der Waals surface area contributed by atoms with Gasteiger partial charge in [0.05, 0.1) is 5.56 Å². The molecule has 110 valence electrons. The third-order valence-electron chi connectivity index (χ3n) is 2.93. The van der Waals surface area contributed by atoms with Crippen molar-refractivity contribution in [2.75, 3.05) is 5.32 Å². The van der Waals surface area contributed by atoms with E-state index in [1.807, 2.05) is 0 Å². The van der Waals surface area contributed by atoms with Gasteiger partial charge in [-0.25, -0.2) is 0 Å². The van der Waals surface area contributed by atoms with Crippen molar-refractivity contribution in [2.45, 2.75) is 12.7 Å². The first kappa shape index (κ1) is 14.9. The second kappa shape index (κ2) is 5.87. The highest BCUT2D eigenvalue weighted by Gasteiger charge is 2.32. The molecule has 3 nitrogen and oxygen atoms in total. The van der Waals surface area contributed by atoms with E-state index in [4.69, 9.17) is 5.73 Å². The Labute approximate surface area is 119 Å². The summed E-state index contributed by atoms with van der Waals surface area (Å²) in [4.78, 5) is 11.1. The van der Waals surface area contributed by atoms with Gasteiger partial charge in [-0.05, 0) is 29.8 Å². The monoisotopic (exact) mass is 294 g/mol. The minimum atomic E-state index is -4.42. The zero-order valence-corrected chi connectivity index (χ0v) is 10.9. The Hall–Kier alpha value is -2.50. The Morgan fingerprint density at radius 2 is 1.81 bits per heavy atom. The van der Waals surface area contributed by atoms with Gasteiger partial charge in [0.1, 0.15) is 0 Å². The first-order chi connectivity index (χ1) is 9.88. The van der Waals surface area contributed by atoms with Crippen LogP contribution in [0.4, 0.5) is 18.9 Å². The minimum absolute atomic E-state index is 0.00511. The largest absolute Gasteiger partial charge is 0.418 e. The van der Waals surface area contributed by atoms with Gasteiger partial charge in [-0.3, -0.25) is 4.79 Å². The van der Waals surface area contributed by atoms with E-state index in [1.165, 1.54) is 18.2 Å². The molecule has 21 heavy (non-hydrogen) atoms. The first-order valence-corrected chi connectivity index (χ1v) is 6.17. The lowest BCUT2D eigenvalue weighted by atomic mass is 10.1. The van der Waals surface area contributed by atoms with Crippen LogP contribution < -0.4 is 11.1 Å². The molecule has 0 aliphatic rings. The van der Waals surface area contributed by atoms with Crippen LogP contribution >= 0.6 is 0 Å². The molecular formula is C15H13F3N2O. The molecule has 0 atom stereocenters. The molecule has 1 amide bonds. The van der Waals surface area contributed by atoms with Crippen LogP contribution in [0, 0.1) is 0 Å². The number of nitrogens with one attached hydrogen (secondary N) is 1.